The lowest BCUT2D eigenvalue weighted by atomic mass is 10.3. The van der Waals surface area contributed by atoms with Crippen molar-refractivity contribution in [3.8, 4) is 5.75 Å². The molecule has 0 N–H and O–H groups in total. The SMILES string of the molecule is CCCC(Oc1ccccc1)[SiH](OC)OC. The second-order valence-electron chi connectivity index (χ2n) is 3.60. The van der Waals surface area contributed by atoms with Crippen molar-refractivity contribution in [3.05, 3.63) is 30.3 Å². The van der Waals surface area contributed by atoms with Gasteiger partial charge in [-0.05, 0) is 18.6 Å². The molecule has 0 radical (unpaired) electrons. The van der Waals surface area contributed by atoms with Gasteiger partial charge >= 0.3 is 9.28 Å². The van der Waals surface area contributed by atoms with Crippen molar-refractivity contribution >= 4 is 9.28 Å². The number of benzene rings is 1. The first-order valence-corrected chi connectivity index (χ1v) is 7.20. The zero-order chi connectivity index (χ0) is 11.8. The standard InChI is InChI=1S/C12H20O3Si/c1-4-8-12(16(13-2)14-3)15-11-9-6-5-7-10-11/h5-7,9-10,12,16H,4,8H2,1-3H3. The van der Waals surface area contributed by atoms with Crippen LogP contribution < -0.4 is 4.74 Å². The van der Waals surface area contributed by atoms with Gasteiger partial charge in [0.2, 0.25) is 0 Å². The molecule has 0 aromatic heterocycles. The van der Waals surface area contributed by atoms with E-state index in [9.17, 15) is 0 Å². The summed E-state index contributed by atoms with van der Waals surface area (Å²) in [6.45, 7) is 2.14. The molecule has 1 rings (SSSR count). The van der Waals surface area contributed by atoms with Gasteiger partial charge in [-0.3, -0.25) is 0 Å². The number of para-hydroxylation sites is 1. The van der Waals surface area contributed by atoms with Crippen molar-refractivity contribution in [3.63, 3.8) is 0 Å². The summed E-state index contributed by atoms with van der Waals surface area (Å²) < 4.78 is 16.7. The highest BCUT2D eigenvalue weighted by atomic mass is 28.3. The predicted molar refractivity (Wildman–Crippen MR) is 66.9 cm³/mol. The van der Waals surface area contributed by atoms with Gasteiger partial charge in [0.15, 0.2) is 0 Å². The fourth-order valence-corrected chi connectivity index (χ4v) is 3.28. The Morgan fingerprint density at radius 1 is 1.12 bits per heavy atom. The van der Waals surface area contributed by atoms with E-state index in [-0.39, 0.29) is 5.73 Å². The van der Waals surface area contributed by atoms with E-state index in [1.165, 1.54) is 0 Å². The lowest BCUT2D eigenvalue weighted by Gasteiger charge is -2.23. The van der Waals surface area contributed by atoms with Gasteiger partial charge in [0.05, 0.1) is 0 Å². The van der Waals surface area contributed by atoms with Crippen LogP contribution in [0.3, 0.4) is 0 Å². The van der Waals surface area contributed by atoms with Crippen LogP contribution in [0.1, 0.15) is 19.8 Å². The van der Waals surface area contributed by atoms with Gasteiger partial charge in [-0.1, -0.05) is 31.5 Å². The molecule has 16 heavy (non-hydrogen) atoms. The molecule has 0 aliphatic heterocycles. The molecule has 0 fully saturated rings. The maximum Gasteiger partial charge on any atom is 0.363 e. The molecule has 0 aliphatic carbocycles. The van der Waals surface area contributed by atoms with E-state index >= 15 is 0 Å². The van der Waals surface area contributed by atoms with Crippen molar-refractivity contribution in [2.24, 2.45) is 0 Å². The van der Waals surface area contributed by atoms with Crippen molar-refractivity contribution in [1.29, 1.82) is 0 Å². The topological polar surface area (TPSA) is 27.7 Å². The van der Waals surface area contributed by atoms with Gasteiger partial charge < -0.3 is 13.6 Å². The van der Waals surface area contributed by atoms with Crippen LogP contribution in [0, 0.1) is 0 Å². The monoisotopic (exact) mass is 240 g/mol. The van der Waals surface area contributed by atoms with E-state index in [4.69, 9.17) is 13.6 Å². The molecule has 0 heterocycles. The van der Waals surface area contributed by atoms with Crippen LogP contribution in [0.2, 0.25) is 0 Å². The van der Waals surface area contributed by atoms with Crippen molar-refractivity contribution in [1.82, 2.24) is 0 Å². The Morgan fingerprint density at radius 3 is 2.25 bits per heavy atom. The minimum atomic E-state index is -1.72. The van der Waals surface area contributed by atoms with E-state index in [1.54, 1.807) is 14.2 Å². The third-order valence-electron chi connectivity index (χ3n) is 2.37. The second kappa shape index (κ2) is 7.43. The van der Waals surface area contributed by atoms with E-state index < -0.39 is 9.28 Å². The third kappa shape index (κ3) is 3.96. The first kappa shape index (κ1) is 13.2. The molecule has 4 heteroatoms. The number of hydrogen-bond acceptors (Lipinski definition) is 3. The molecule has 0 saturated heterocycles. The molecule has 0 bridgehead atoms. The van der Waals surface area contributed by atoms with Gasteiger partial charge in [-0.25, -0.2) is 0 Å². The van der Waals surface area contributed by atoms with Gasteiger partial charge in [0.1, 0.15) is 11.5 Å². The van der Waals surface area contributed by atoms with Crippen LogP contribution >= 0.6 is 0 Å². The van der Waals surface area contributed by atoms with Crippen LogP contribution in [0.5, 0.6) is 5.75 Å². The average Bonchev–Trinajstić information content (AvgIpc) is 2.32. The largest absolute Gasteiger partial charge is 0.489 e. The van der Waals surface area contributed by atoms with Gasteiger partial charge in [-0.15, -0.1) is 0 Å². The molecule has 0 saturated carbocycles. The summed E-state index contributed by atoms with van der Waals surface area (Å²) in [6.07, 6.45) is 2.03. The summed E-state index contributed by atoms with van der Waals surface area (Å²) in [7, 11) is 1.67. The van der Waals surface area contributed by atoms with E-state index in [0.717, 1.165) is 18.6 Å². The zero-order valence-electron chi connectivity index (χ0n) is 10.2. The maximum absolute atomic E-state index is 5.91. The van der Waals surface area contributed by atoms with E-state index in [2.05, 4.69) is 6.92 Å². The smallest absolute Gasteiger partial charge is 0.363 e. The van der Waals surface area contributed by atoms with Gasteiger partial charge in [0.25, 0.3) is 0 Å². The Morgan fingerprint density at radius 2 is 1.75 bits per heavy atom. The zero-order valence-corrected chi connectivity index (χ0v) is 11.3. The summed E-state index contributed by atoms with van der Waals surface area (Å²) in [4.78, 5) is 0. The highest BCUT2D eigenvalue weighted by Gasteiger charge is 2.25. The Labute approximate surface area is 99.2 Å². The Bertz CT molecular complexity index is 275. The fraction of sp³-hybridized carbons (Fsp3) is 0.500. The molecule has 3 nitrogen and oxygen atoms in total. The summed E-state index contributed by atoms with van der Waals surface area (Å²) in [6, 6.07) is 9.82. The molecule has 0 amide bonds. The second-order valence-corrected chi connectivity index (χ2v) is 6.02. The summed E-state index contributed by atoms with van der Waals surface area (Å²) in [5, 5.41) is 0. The molecule has 1 unspecified atom stereocenters. The molecule has 1 aromatic carbocycles. The van der Waals surface area contributed by atoms with Crippen molar-refractivity contribution in [2.45, 2.75) is 25.5 Å². The quantitative estimate of drug-likeness (QED) is 0.684. The molecule has 1 atom stereocenters. The Balaban J connectivity index is 2.63. The lowest BCUT2D eigenvalue weighted by molar-refractivity contribution is 0.175. The fourth-order valence-electron chi connectivity index (χ4n) is 1.61. The average molecular weight is 240 g/mol. The molecule has 0 aliphatic rings. The summed E-state index contributed by atoms with van der Waals surface area (Å²) in [5.41, 5.74) is 0.0717. The predicted octanol–water partition coefficient (Wildman–Crippen LogP) is 2.29. The molecular formula is C12H20O3Si. The van der Waals surface area contributed by atoms with E-state index in [1.807, 2.05) is 30.3 Å². The molecule has 90 valence electrons. The minimum Gasteiger partial charge on any atom is -0.489 e. The van der Waals surface area contributed by atoms with Crippen LogP contribution in [-0.4, -0.2) is 29.2 Å². The lowest BCUT2D eigenvalue weighted by Crippen LogP contribution is -2.39. The van der Waals surface area contributed by atoms with Crippen LogP contribution in [-0.2, 0) is 8.85 Å². The highest BCUT2D eigenvalue weighted by Crippen LogP contribution is 2.15. The van der Waals surface area contributed by atoms with Gasteiger partial charge in [0, 0.05) is 14.2 Å². The molecular weight excluding hydrogens is 220 g/mol. The van der Waals surface area contributed by atoms with Crippen LogP contribution in [0.15, 0.2) is 30.3 Å². The Kier molecular flexibility index (Phi) is 6.14. The first-order chi connectivity index (χ1) is 7.81. The summed E-state index contributed by atoms with van der Waals surface area (Å²) in [5.74, 6) is 0.882. The normalized spacial score (nSPS) is 12.8. The highest BCUT2D eigenvalue weighted by molar-refractivity contribution is 6.46. The van der Waals surface area contributed by atoms with Crippen molar-refractivity contribution in [2.75, 3.05) is 14.2 Å². The van der Waals surface area contributed by atoms with E-state index in [0.29, 0.717) is 0 Å². The molecule has 1 aromatic rings. The maximum atomic E-state index is 5.91. The minimum absolute atomic E-state index is 0.0717. The van der Waals surface area contributed by atoms with Crippen LogP contribution in [0.25, 0.3) is 0 Å². The van der Waals surface area contributed by atoms with Crippen LogP contribution in [0.4, 0.5) is 0 Å². The molecule has 0 spiro atoms. The first-order valence-electron chi connectivity index (χ1n) is 5.59. The number of hydrogen-bond donors (Lipinski definition) is 0. The summed E-state index contributed by atoms with van der Waals surface area (Å²) >= 11 is 0. The van der Waals surface area contributed by atoms with Gasteiger partial charge in [-0.2, -0.15) is 0 Å². The number of rotatable bonds is 7. The third-order valence-corrected chi connectivity index (χ3v) is 4.38. The van der Waals surface area contributed by atoms with Crippen molar-refractivity contribution < 1.29 is 13.6 Å². The number of ether oxygens (including phenoxy) is 1. The Hall–Kier alpha value is -0.843.